The standard InChI is InChI=1S/C13H7O2/c14-13(15)12-8-6-11(7-9-12)10-4-2-1-3-5-10/h1-4,6,8H,(H,14,15). The van der Waals surface area contributed by atoms with Crippen LogP contribution in [0.1, 0.15) is 10.4 Å². The maximum absolute atomic E-state index is 10.6. The molecule has 0 amide bonds. The van der Waals surface area contributed by atoms with Gasteiger partial charge < -0.3 is 5.11 Å². The molecule has 0 bridgehead atoms. The molecule has 2 rings (SSSR count). The third-order valence-corrected chi connectivity index (χ3v) is 1.98. The summed E-state index contributed by atoms with van der Waals surface area (Å²) in [4.78, 5) is 10.6. The molecule has 0 heterocycles. The van der Waals surface area contributed by atoms with E-state index in [1.54, 1.807) is 12.1 Å². The minimum absolute atomic E-state index is 0.120. The van der Waals surface area contributed by atoms with E-state index < -0.39 is 5.97 Å². The van der Waals surface area contributed by atoms with E-state index in [9.17, 15) is 4.79 Å². The van der Waals surface area contributed by atoms with Crippen molar-refractivity contribution in [3.8, 4) is 11.1 Å². The number of benzene rings is 2. The van der Waals surface area contributed by atoms with Gasteiger partial charge in [0.15, 0.2) is 0 Å². The Kier molecular flexibility index (Phi) is 2.50. The molecule has 2 aromatic carbocycles. The highest BCUT2D eigenvalue weighted by Crippen LogP contribution is 2.17. The van der Waals surface area contributed by atoms with Crippen molar-refractivity contribution >= 4 is 5.97 Å². The first-order valence-electron chi connectivity index (χ1n) is 4.42. The number of carbonyl (C=O) groups is 1. The summed E-state index contributed by atoms with van der Waals surface area (Å²) in [5, 5.41) is 8.69. The minimum atomic E-state index is -0.991. The highest BCUT2D eigenvalue weighted by Gasteiger charge is 2.03. The summed E-state index contributed by atoms with van der Waals surface area (Å²) in [6.07, 6.45) is 0. The van der Waals surface area contributed by atoms with Gasteiger partial charge in [-0.1, -0.05) is 30.3 Å². The lowest BCUT2D eigenvalue weighted by Gasteiger charge is -1.99. The Morgan fingerprint density at radius 3 is 2.47 bits per heavy atom. The molecule has 3 radical (unpaired) electrons. The molecule has 15 heavy (non-hydrogen) atoms. The van der Waals surface area contributed by atoms with Gasteiger partial charge >= 0.3 is 5.97 Å². The predicted octanol–water partition coefficient (Wildman–Crippen LogP) is 2.45. The summed E-state index contributed by atoms with van der Waals surface area (Å²) < 4.78 is 0. The number of carboxylic acids is 1. The predicted molar refractivity (Wildman–Crippen MR) is 55.3 cm³/mol. The van der Waals surface area contributed by atoms with Crippen molar-refractivity contribution in [3.05, 3.63) is 60.2 Å². The molecule has 0 aliphatic rings. The third kappa shape index (κ3) is 2.05. The lowest BCUT2D eigenvalue weighted by molar-refractivity contribution is 0.0696. The molecule has 2 aromatic rings. The molecule has 0 fully saturated rings. The van der Waals surface area contributed by atoms with Crippen LogP contribution in [0.15, 0.2) is 36.4 Å². The monoisotopic (exact) mass is 195 g/mol. The van der Waals surface area contributed by atoms with Crippen LogP contribution in [0.4, 0.5) is 0 Å². The smallest absolute Gasteiger partial charge is 0.336 e. The SMILES string of the molecule is O=C(O)c1[c][c]c(-c2[c]cccc2)cc1. The van der Waals surface area contributed by atoms with Crippen LogP contribution in [0.2, 0.25) is 0 Å². The van der Waals surface area contributed by atoms with E-state index in [1.165, 1.54) is 6.07 Å². The summed E-state index contributed by atoms with van der Waals surface area (Å²) in [5.41, 5.74) is 1.79. The molecule has 0 aromatic heterocycles. The fraction of sp³-hybridized carbons (Fsp3) is 0. The van der Waals surface area contributed by atoms with E-state index in [4.69, 9.17) is 5.11 Å². The average Bonchev–Trinajstić information content (AvgIpc) is 2.30. The Hall–Kier alpha value is -2.09. The molecule has 0 unspecified atom stereocenters. The van der Waals surface area contributed by atoms with E-state index in [0.29, 0.717) is 0 Å². The Bertz CT molecular complexity index is 458. The quantitative estimate of drug-likeness (QED) is 0.799. The summed E-state index contributed by atoms with van der Waals surface area (Å²) in [5.74, 6) is -0.991. The van der Waals surface area contributed by atoms with Crippen molar-refractivity contribution in [3.63, 3.8) is 0 Å². The highest BCUT2D eigenvalue weighted by molar-refractivity contribution is 5.87. The van der Waals surface area contributed by atoms with Crippen LogP contribution in [0.25, 0.3) is 11.1 Å². The number of aromatic carboxylic acids is 1. The van der Waals surface area contributed by atoms with Crippen LogP contribution in [0, 0.1) is 18.2 Å². The summed E-state index contributed by atoms with van der Waals surface area (Å²) in [6, 6.07) is 19.1. The maximum atomic E-state index is 10.6. The molecular formula is C13H7O2. The van der Waals surface area contributed by atoms with Gasteiger partial charge in [-0.15, -0.1) is 0 Å². The molecule has 0 aliphatic carbocycles. The lowest BCUT2D eigenvalue weighted by Crippen LogP contribution is -1.95. The van der Waals surface area contributed by atoms with Crippen molar-refractivity contribution in [1.82, 2.24) is 0 Å². The van der Waals surface area contributed by atoms with Crippen LogP contribution < -0.4 is 0 Å². The molecule has 0 saturated carbocycles. The van der Waals surface area contributed by atoms with Crippen LogP contribution in [-0.4, -0.2) is 11.1 Å². The minimum Gasteiger partial charge on any atom is -0.478 e. The second kappa shape index (κ2) is 3.96. The van der Waals surface area contributed by atoms with Gasteiger partial charge in [-0.25, -0.2) is 4.79 Å². The lowest BCUT2D eigenvalue weighted by atomic mass is 10.0. The van der Waals surface area contributed by atoms with Crippen molar-refractivity contribution in [2.45, 2.75) is 0 Å². The van der Waals surface area contributed by atoms with Crippen molar-refractivity contribution in [1.29, 1.82) is 0 Å². The van der Waals surface area contributed by atoms with E-state index in [2.05, 4.69) is 18.2 Å². The first-order chi connectivity index (χ1) is 7.27. The zero-order valence-electron chi connectivity index (χ0n) is 7.82. The van der Waals surface area contributed by atoms with Crippen molar-refractivity contribution in [2.24, 2.45) is 0 Å². The van der Waals surface area contributed by atoms with Gasteiger partial charge in [-0.2, -0.15) is 0 Å². The average molecular weight is 195 g/mol. The normalized spacial score (nSPS) is 9.87. The van der Waals surface area contributed by atoms with Gasteiger partial charge in [0.05, 0.1) is 5.56 Å². The van der Waals surface area contributed by atoms with Crippen LogP contribution in [0.5, 0.6) is 0 Å². The Morgan fingerprint density at radius 2 is 1.93 bits per heavy atom. The maximum Gasteiger partial charge on any atom is 0.336 e. The largest absolute Gasteiger partial charge is 0.478 e. The van der Waals surface area contributed by atoms with E-state index in [-0.39, 0.29) is 5.56 Å². The van der Waals surface area contributed by atoms with Gasteiger partial charge in [-0.3, -0.25) is 0 Å². The molecule has 2 nitrogen and oxygen atoms in total. The number of hydrogen-bond donors (Lipinski definition) is 1. The van der Waals surface area contributed by atoms with E-state index in [0.717, 1.165) is 11.1 Å². The van der Waals surface area contributed by atoms with Gasteiger partial charge in [0, 0.05) is 6.07 Å². The van der Waals surface area contributed by atoms with Gasteiger partial charge in [0.25, 0.3) is 0 Å². The molecule has 1 N–H and O–H groups in total. The zero-order chi connectivity index (χ0) is 10.7. The number of hydrogen-bond acceptors (Lipinski definition) is 1. The first-order valence-corrected chi connectivity index (χ1v) is 4.42. The number of carboxylic acid groups (broad SMARTS) is 1. The first kappa shape index (κ1) is 9.46. The van der Waals surface area contributed by atoms with Crippen LogP contribution in [0.3, 0.4) is 0 Å². The summed E-state index contributed by atoms with van der Waals surface area (Å²) >= 11 is 0. The second-order valence-electron chi connectivity index (χ2n) is 2.99. The third-order valence-electron chi connectivity index (χ3n) is 1.98. The Balaban J connectivity index is 2.36. The summed E-state index contributed by atoms with van der Waals surface area (Å²) in [6.45, 7) is 0. The fourth-order valence-corrected chi connectivity index (χ4v) is 1.23. The van der Waals surface area contributed by atoms with E-state index in [1.807, 2.05) is 18.2 Å². The molecular weight excluding hydrogens is 188 g/mol. The molecule has 0 atom stereocenters. The highest BCUT2D eigenvalue weighted by atomic mass is 16.4. The second-order valence-corrected chi connectivity index (χ2v) is 2.99. The Labute approximate surface area is 87.8 Å². The molecule has 0 spiro atoms. The summed E-state index contributed by atoms with van der Waals surface area (Å²) in [7, 11) is 0. The zero-order valence-corrected chi connectivity index (χ0v) is 7.82. The number of rotatable bonds is 2. The van der Waals surface area contributed by atoms with Crippen LogP contribution in [-0.2, 0) is 0 Å². The molecule has 2 heteroatoms. The molecule has 71 valence electrons. The van der Waals surface area contributed by atoms with Gasteiger partial charge in [0.1, 0.15) is 0 Å². The van der Waals surface area contributed by atoms with Crippen molar-refractivity contribution < 1.29 is 9.90 Å². The molecule has 0 aliphatic heterocycles. The van der Waals surface area contributed by atoms with Crippen LogP contribution >= 0.6 is 0 Å². The van der Waals surface area contributed by atoms with Gasteiger partial charge in [-0.05, 0) is 29.3 Å². The molecule has 0 saturated heterocycles. The van der Waals surface area contributed by atoms with E-state index >= 15 is 0 Å². The Morgan fingerprint density at radius 1 is 1.07 bits per heavy atom. The van der Waals surface area contributed by atoms with Gasteiger partial charge in [0.2, 0.25) is 0 Å². The topological polar surface area (TPSA) is 37.3 Å². The van der Waals surface area contributed by atoms with Crippen molar-refractivity contribution in [2.75, 3.05) is 0 Å². The fourth-order valence-electron chi connectivity index (χ4n) is 1.23.